The van der Waals surface area contributed by atoms with Crippen LogP contribution in [0.5, 0.6) is 0 Å². The van der Waals surface area contributed by atoms with E-state index >= 15 is 0 Å². The van der Waals surface area contributed by atoms with Gasteiger partial charge < -0.3 is 10.8 Å². The van der Waals surface area contributed by atoms with Crippen molar-refractivity contribution in [2.24, 2.45) is 5.73 Å². The predicted molar refractivity (Wildman–Crippen MR) is 68.8 cm³/mol. The van der Waals surface area contributed by atoms with Crippen LogP contribution < -0.4 is 5.73 Å². The number of benzene rings is 1. The van der Waals surface area contributed by atoms with E-state index in [1.807, 2.05) is 36.4 Å². The maximum absolute atomic E-state index is 9.61. The Hall–Kier alpha value is -0.870. The van der Waals surface area contributed by atoms with Crippen molar-refractivity contribution in [3.63, 3.8) is 0 Å². The molecule has 1 heterocycles. The maximum atomic E-state index is 9.61. The van der Waals surface area contributed by atoms with E-state index < -0.39 is 6.10 Å². The topological polar surface area (TPSA) is 46.2 Å². The van der Waals surface area contributed by atoms with Crippen LogP contribution in [-0.2, 0) is 0 Å². The van der Waals surface area contributed by atoms with Crippen molar-refractivity contribution < 1.29 is 5.11 Å². The van der Waals surface area contributed by atoms with Gasteiger partial charge in [-0.05, 0) is 18.2 Å². The van der Waals surface area contributed by atoms with E-state index in [-0.39, 0.29) is 6.54 Å². The highest BCUT2D eigenvalue weighted by Gasteiger charge is 2.10. The molecular formula is C12H12ClNOS. The Labute approximate surface area is 103 Å². The minimum Gasteiger partial charge on any atom is -0.386 e. The number of hydrogen-bond acceptors (Lipinski definition) is 3. The summed E-state index contributed by atoms with van der Waals surface area (Å²) in [4.78, 5) is 1.92. The zero-order chi connectivity index (χ0) is 11.5. The highest BCUT2D eigenvalue weighted by Crippen LogP contribution is 2.34. The molecule has 0 bridgehead atoms. The third-order valence-corrected chi connectivity index (χ3v) is 3.87. The van der Waals surface area contributed by atoms with Gasteiger partial charge in [-0.1, -0.05) is 29.8 Å². The summed E-state index contributed by atoms with van der Waals surface area (Å²) in [6, 6.07) is 11.5. The second kappa shape index (κ2) is 4.97. The second-order valence-corrected chi connectivity index (χ2v) is 4.96. The Bertz CT molecular complexity index is 483. The Morgan fingerprint density at radius 2 is 2.00 bits per heavy atom. The van der Waals surface area contributed by atoms with Gasteiger partial charge in [-0.2, -0.15) is 0 Å². The Balaban J connectivity index is 2.35. The Morgan fingerprint density at radius 3 is 2.69 bits per heavy atom. The number of rotatable bonds is 3. The summed E-state index contributed by atoms with van der Waals surface area (Å²) in [5.41, 5.74) is 6.40. The number of hydrogen-bond donors (Lipinski definition) is 2. The van der Waals surface area contributed by atoms with Crippen LogP contribution in [0.4, 0.5) is 0 Å². The smallest absolute Gasteiger partial charge is 0.100 e. The molecule has 16 heavy (non-hydrogen) atoms. The first kappa shape index (κ1) is 11.6. The fourth-order valence-corrected chi connectivity index (χ4v) is 2.79. The van der Waals surface area contributed by atoms with E-state index in [1.54, 1.807) is 0 Å². The van der Waals surface area contributed by atoms with E-state index in [9.17, 15) is 5.11 Å². The van der Waals surface area contributed by atoms with Crippen molar-refractivity contribution in [3.05, 3.63) is 46.3 Å². The van der Waals surface area contributed by atoms with Gasteiger partial charge in [0.1, 0.15) is 6.10 Å². The monoisotopic (exact) mass is 253 g/mol. The quantitative estimate of drug-likeness (QED) is 0.883. The molecule has 0 aliphatic carbocycles. The first-order valence-corrected chi connectivity index (χ1v) is 6.14. The van der Waals surface area contributed by atoms with Gasteiger partial charge in [-0.25, -0.2) is 0 Å². The van der Waals surface area contributed by atoms with Gasteiger partial charge in [-0.3, -0.25) is 0 Å². The molecule has 3 N–H and O–H groups in total. The van der Waals surface area contributed by atoms with Gasteiger partial charge in [0.25, 0.3) is 0 Å². The molecule has 0 spiro atoms. The van der Waals surface area contributed by atoms with Crippen LogP contribution in [0.25, 0.3) is 10.4 Å². The summed E-state index contributed by atoms with van der Waals surface area (Å²) in [5, 5.41) is 10.3. The lowest BCUT2D eigenvalue weighted by Crippen LogP contribution is -2.09. The molecule has 1 atom stereocenters. The molecule has 0 amide bonds. The molecule has 2 nitrogen and oxygen atoms in total. The van der Waals surface area contributed by atoms with E-state index in [4.69, 9.17) is 17.3 Å². The normalized spacial score (nSPS) is 12.7. The number of nitrogens with two attached hydrogens (primary N) is 1. The first-order chi connectivity index (χ1) is 7.72. The highest BCUT2D eigenvalue weighted by molar-refractivity contribution is 7.15. The van der Waals surface area contributed by atoms with Gasteiger partial charge in [0.05, 0.1) is 0 Å². The predicted octanol–water partition coefficient (Wildman–Crippen LogP) is 3.06. The van der Waals surface area contributed by atoms with E-state index in [1.165, 1.54) is 11.3 Å². The van der Waals surface area contributed by atoms with Gasteiger partial charge in [0.15, 0.2) is 0 Å². The number of thiophene rings is 1. The van der Waals surface area contributed by atoms with Crippen LogP contribution in [0.1, 0.15) is 11.0 Å². The lowest BCUT2D eigenvalue weighted by molar-refractivity contribution is 0.190. The molecule has 0 radical (unpaired) electrons. The largest absolute Gasteiger partial charge is 0.386 e. The molecule has 1 aromatic carbocycles. The van der Waals surface area contributed by atoms with Crippen LogP contribution >= 0.6 is 22.9 Å². The van der Waals surface area contributed by atoms with Gasteiger partial charge in [0.2, 0.25) is 0 Å². The lowest BCUT2D eigenvalue weighted by Gasteiger charge is -2.03. The van der Waals surface area contributed by atoms with Crippen LogP contribution in [0, 0.1) is 0 Å². The highest BCUT2D eigenvalue weighted by atomic mass is 35.5. The van der Waals surface area contributed by atoms with Crippen molar-refractivity contribution in [2.45, 2.75) is 6.10 Å². The molecule has 84 valence electrons. The van der Waals surface area contributed by atoms with Gasteiger partial charge in [0, 0.05) is 26.9 Å². The Kier molecular flexibility index (Phi) is 3.61. The molecular weight excluding hydrogens is 242 g/mol. The average molecular weight is 254 g/mol. The second-order valence-electron chi connectivity index (χ2n) is 3.43. The van der Waals surface area contributed by atoms with Crippen molar-refractivity contribution in [2.75, 3.05) is 6.54 Å². The molecule has 2 aromatic rings. The van der Waals surface area contributed by atoms with Crippen molar-refractivity contribution in [1.29, 1.82) is 0 Å². The minimum absolute atomic E-state index is 0.239. The third kappa shape index (κ3) is 2.28. The van der Waals surface area contributed by atoms with Gasteiger partial charge in [-0.15, -0.1) is 11.3 Å². The molecule has 1 unspecified atom stereocenters. The van der Waals surface area contributed by atoms with E-state index in [0.29, 0.717) is 0 Å². The van der Waals surface area contributed by atoms with Crippen molar-refractivity contribution in [3.8, 4) is 10.4 Å². The first-order valence-electron chi connectivity index (χ1n) is 4.95. The summed E-state index contributed by atoms with van der Waals surface area (Å²) < 4.78 is 0. The molecule has 0 saturated heterocycles. The Morgan fingerprint density at radius 1 is 1.25 bits per heavy atom. The number of aliphatic hydroxyl groups is 1. The zero-order valence-electron chi connectivity index (χ0n) is 8.56. The fourth-order valence-electron chi connectivity index (χ4n) is 1.45. The maximum Gasteiger partial charge on any atom is 0.100 e. The fraction of sp³-hybridized carbons (Fsp3) is 0.167. The van der Waals surface area contributed by atoms with Crippen LogP contribution in [0.15, 0.2) is 36.4 Å². The summed E-state index contributed by atoms with van der Waals surface area (Å²) in [6.07, 6.45) is -0.582. The molecule has 0 fully saturated rings. The lowest BCUT2D eigenvalue weighted by atomic mass is 10.2. The van der Waals surface area contributed by atoms with Crippen LogP contribution in [-0.4, -0.2) is 11.7 Å². The van der Waals surface area contributed by atoms with E-state index in [2.05, 4.69) is 0 Å². The molecule has 0 aliphatic heterocycles. The zero-order valence-corrected chi connectivity index (χ0v) is 10.1. The van der Waals surface area contributed by atoms with Crippen LogP contribution in [0.2, 0.25) is 5.02 Å². The van der Waals surface area contributed by atoms with Crippen molar-refractivity contribution >= 4 is 22.9 Å². The number of aliphatic hydroxyl groups excluding tert-OH is 1. The standard InChI is InChI=1S/C12H12ClNOS/c13-9-4-2-1-3-8(9)11-5-6-12(16-11)10(15)7-14/h1-6,10,15H,7,14H2. The average Bonchev–Trinajstić information content (AvgIpc) is 2.78. The molecule has 0 saturated carbocycles. The van der Waals surface area contributed by atoms with Crippen LogP contribution in [0.3, 0.4) is 0 Å². The van der Waals surface area contributed by atoms with E-state index in [0.717, 1.165) is 20.3 Å². The van der Waals surface area contributed by atoms with Crippen molar-refractivity contribution in [1.82, 2.24) is 0 Å². The summed E-state index contributed by atoms with van der Waals surface area (Å²) >= 11 is 7.62. The molecule has 0 aliphatic rings. The van der Waals surface area contributed by atoms with Gasteiger partial charge >= 0.3 is 0 Å². The number of halogens is 1. The SMILES string of the molecule is NCC(O)c1ccc(-c2ccccc2Cl)s1. The summed E-state index contributed by atoms with van der Waals surface area (Å²) in [5.74, 6) is 0. The molecule has 4 heteroatoms. The molecule has 2 rings (SSSR count). The summed E-state index contributed by atoms with van der Waals surface area (Å²) in [7, 11) is 0. The minimum atomic E-state index is -0.582. The summed E-state index contributed by atoms with van der Waals surface area (Å²) in [6.45, 7) is 0.239. The molecule has 1 aromatic heterocycles. The third-order valence-electron chi connectivity index (χ3n) is 2.32.